The quantitative estimate of drug-likeness (QED) is 0.706. The summed E-state index contributed by atoms with van der Waals surface area (Å²) in [7, 11) is 0. The Hall–Kier alpha value is -3.10. The Morgan fingerprint density at radius 2 is 1.93 bits per heavy atom. The van der Waals surface area contributed by atoms with E-state index in [2.05, 4.69) is 20.0 Å². The highest BCUT2D eigenvalue weighted by atomic mass is 16.5. The van der Waals surface area contributed by atoms with E-state index in [-0.39, 0.29) is 11.6 Å². The molecule has 3 aromatic rings. The van der Waals surface area contributed by atoms with Crippen molar-refractivity contribution in [2.75, 3.05) is 6.54 Å². The number of benzene rings is 1. The van der Waals surface area contributed by atoms with E-state index in [1.807, 2.05) is 0 Å². The lowest BCUT2D eigenvalue weighted by Crippen LogP contribution is -2.24. The molecule has 8 heteroatoms. The Labute approximate surface area is 155 Å². The van der Waals surface area contributed by atoms with Crippen LogP contribution in [0.3, 0.4) is 0 Å². The first kappa shape index (κ1) is 17.3. The molecule has 4 rings (SSSR count). The summed E-state index contributed by atoms with van der Waals surface area (Å²) in [6.45, 7) is 1.03. The molecule has 8 nitrogen and oxygen atoms in total. The number of carboxylic acid groups (broad SMARTS) is 1. The van der Waals surface area contributed by atoms with Crippen molar-refractivity contribution in [3.05, 3.63) is 65.8 Å². The van der Waals surface area contributed by atoms with Crippen LogP contribution < -0.4 is 0 Å². The predicted octanol–water partition coefficient (Wildman–Crippen LogP) is 2.14. The number of β-amino-alcohol motifs (C(OH)–C–C–N with tert-alkyl or cyclic N) is 1. The SMILES string of the molecule is O=C(O)c1ccc(CN2CC(O)CC2c2nc(-c3ccncc3)no2)cc1. The van der Waals surface area contributed by atoms with Crippen LogP contribution in [0.4, 0.5) is 0 Å². The molecule has 2 atom stereocenters. The second kappa shape index (κ2) is 7.26. The number of pyridine rings is 1. The van der Waals surface area contributed by atoms with Gasteiger partial charge in [-0.1, -0.05) is 17.3 Å². The van der Waals surface area contributed by atoms with E-state index in [1.165, 1.54) is 0 Å². The van der Waals surface area contributed by atoms with Crippen molar-refractivity contribution in [3.63, 3.8) is 0 Å². The van der Waals surface area contributed by atoms with Gasteiger partial charge in [0.05, 0.1) is 17.7 Å². The minimum Gasteiger partial charge on any atom is -0.478 e. The van der Waals surface area contributed by atoms with Gasteiger partial charge in [-0.15, -0.1) is 0 Å². The summed E-state index contributed by atoms with van der Waals surface area (Å²) < 4.78 is 5.46. The maximum atomic E-state index is 11.0. The van der Waals surface area contributed by atoms with Gasteiger partial charge in [0.1, 0.15) is 0 Å². The van der Waals surface area contributed by atoms with E-state index >= 15 is 0 Å². The van der Waals surface area contributed by atoms with Crippen LogP contribution in [-0.2, 0) is 6.54 Å². The lowest BCUT2D eigenvalue weighted by molar-refractivity contribution is 0.0697. The highest BCUT2D eigenvalue weighted by molar-refractivity contribution is 5.87. The molecule has 0 radical (unpaired) electrons. The Bertz CT molecular complexity index is 926. The molecule has 1 aliphatic rings. The van der Waals surface area contributed by atoms with Crippen LogP contribution in [0.1, 0.15) is 34.3 Å². The summed E-state index contributed by atoms with van der Waals surface area (Å²) in [5, 5.41) is 23.2. The number of aromatic carboxylic acids is 1. The number of rotatable bonds is 5. The molecule has 138 valence electrons. The van der Waals surface area contributed by atoms with Gasteiger partial charge in [0.15, 0.2) is 0 Å². The van der Waals surface area contributed by atoms with E-state index in [9.17, 15) is 9.90 Å². The second-order valence-corrected chi connectivity index (χ2v) is 6.53. The predicted molar refractivity (Wildman–Crippen MR) is 94.7 cm³/mol. The lowest BCUT2D eigenvalue weighted by Gasteiger charge is -2.21. The molecule has 1 saturated heterocycles. The fourth-order valence-corrected chi connectivity index (χ4v) is 3.29. The Balaban J connectivity index is 1.53. The van der Waals surface area contributed by atoms with Gasteiger partial charge in [0.25, 0.3) is 0 Å². The number of aromatic nitrogens is 3. The highest BCUT2D eigenvalue weighted by Crippen LogP contribution is 2.33. The van der Waals surface area contributed by atoms with Crippen LogP contribution in [0.25, 0.3) is 11.4 Å². The van der Waals surface area contributed by atoms with Gasteiger partial charge in [0, 0.05) is 31.0 Å². The molecule has 1 fully saturated rings. The first-order chi connectivity index (χ1) is 13.1. The zero-order valence-electron chi connectivity index (χ0n) is 14.4. The average molecular weight is 366 g/mol. The van der Waals surface area contributed by atoms with Crippen molar-refractivity contribution in [2.45, 2.75) is 25.1 Å². The third-order valence-electron chi connectivity index (χ3n) is 4.63. The molecule has 2 aromatic heterocycles. The van der Waals surface area contributed by atoms with E-state index in [1.54, 1.807) is 48.8 Å². The van der Waals surface area contributed by atoms with Crippen LogP contribution in [-0.4, -0.2) is 48.9 Å². The third-order valence-corrected chi connectivity index (χ3v) is 4.63. The molecular weight excluding hydrogens is 348 g/mol. The van der Waals surface area contributed by atoms with Crippen LogP contribution in [0.2, 0.25) is 0 Å². The molecule has 27 heavy (non-hydrogen) atoms. The molecule has 2 N–H and O–H groups in total. The number of likely N-dealkylation sites (tertiary alicyclic amines) is 1. The maximum Gasteiger partial charge on any atom is 0.335 e. The number of carboxylic acids is 1. The number of hydrogen-bond acceptors (Lipinski definition) is 7. The summed E-state index contributed by atoms with van der Waals surface area (Å²) in [6.07, 6.45) is 3.35. The molecule has 1 aliphatic heterocycles. The number of aliphatic hydroxyl groups excluding tert-OH is 1. The normalized spacial score (nSPS) is 20.0. The van der Waals surface area contributed by atoms with Gasteiger partial charge in [-0.2, -0.15) is 4.98 Å². The van der Waals surface area contributed by atoms with Crippen molar-refractivity contribution in [3.8, 4) is 11.4 Å². The summed E-state index contributed by atoms with van der Waals surface area (Å²) in [6, 6.07) is 10.1. The fraction of sp³-hybridized carbons (Fsp3) is 0.263. The first-order valence-corrected chi connectivity index (χ1v) is 8.58. The smallest absolute Gasteiger partial charge is 0.335 e. The largest absolute Gasteiger partial charge is 0.478 e. The number of carbonyl (C=O) groups is 1. The molecule has 3 heterocycles. The van der Waals surface area contributed by atoms with Crippen molar-refractivity contribution in [1.29, 1.82) is 0 Å². The maximum absolute atomic E-state index is 11.0. The summed E-state index contributed by atoms with van der Waals surface area (Å²) >= 11 is 0. The fourth-order valence-electron chi connectivity index (χ4n) is 3.29. The summed E-state index contributed by atoms with van der Waals surface area (Å²) in [4.78, 5) is 21.5. The summed E-state index contributed by atoms with van der Waals surface area (Å²) in [5.41, 5.74) is 2.01. The minimum atomic E-state index is -0.953. The van der Waals surface area contributed by atoms with Crippen molar-refractivity contribution >= 4 is 5.97 Å². The van der Waals surface area contributed by atoms with Gasteiger partial charge < -0.3 is 14.7 Å². The molecule has 0 saturated carbocycles. The summed E-state index contributed by atoms with van der Waals surface area (Å²) in [5.74, 6) is -0.00871. The van der Waals surface area contributed by atoms with E-state index < -0.39 is 12.1 Å². The van der Waals surface area contributed by atoms with E-state index in [0.29, 0.717) is 31.2 Å². The second-order valence-electron chi connectivity index (χ2n) is 6.53. The van der Waals surface area contributed by atoms with Gasteiger partial charge in [0.2, 0.25) is 11.7 Å². The van der Waals surface area contributed by atoms with E-state index in [0.717, 1.165) is 11.1 Å². The molecule has 1 aromatic carbocycles. The van der Waals surface area contributed by atoms with Gasteiger partial charge in [-0.05, 0) is 36.2 Å². The topological polar surface area (TPSA) is 113 Å². The van der Waals surface area contributed by atoms with Crippen LogP contribution in [0, 0.1) is 0 Å². The zero-order chi connectivity index (χ0) is 18.8. The van der Waals surface area contributed by atoms with Crippen LogP contribution in [0.5, 0.6) is 0 Å². The number of nitrogens with zero attached hydrogens (tertiary/aromatic N) is 4. The first-order valence-electron chi connectivity index (χ1n) is 8.58. The Morgan fingerprint density at radius 3 is 2.63 bits per heavy atom. The number of aliphatic hydroxyl groups is 1. The van der Waals surface area contributed by atoms with Crippen molar-refractivity contribution < 1.29 is 19.5 Å². The van der Waals surface area contributed by atoms with Crippen molar-refractivity contribution in [1.82, 2.24) is 20.0 Å². The van der Waals surface area contributed by atoms with Gasteiger partial charge >= 0.3 is 5.97 Å². The lowest BCUT2D eigenvalue weighted by atomic mass is 10.1. The molecule has 0 amide bonds. The molecule has 0 spiro atoms. The van der Waals surface area contributed by atoms with Gasteiger partial charge in [-0.3, -0.25) is 9.88 Å². The molecule has 0 bridgehead atoms. The molecule has 2 unspecified atom stereocenters. The van der Waals surface area contributed by atoms with E-state index in [4.69, 9.17) is 9.63 Å². The number of hydrogen-bond donors (Lipinski definition) is 2. The zero-order valence-corrected chi connectivity index (χ0v) is 14.4. The minimum absolute atomic E-state index is 0.192. The van der Waals surface area contributed by atoms with Crippen LogP contribution in [0.15, 0.2) is 53.3 Å². The Kier molecular flexibility index (Phi) is 4.66. The monoisotopic (exact) mass is 366 g/mol. The standard InChI is InChI=1S/C19H18N4O4/c24-15-9-16(18-21-17(22-27-18)13-5-7-20-8-6-13)23(11-15)10-12-1-3-14(4-2-12)19(25)26/h1-8,15-16,24H,9-11H2,(H,25,26). The average Bonchev–Trinajstić information content (AvgIpc) is 3.29. The highest BCUT2D eigenvalue weighted by Gasteiger charge is 2.35. The molecular formula is C19H18N4O4. The molecule has 0 aliphatic carbocycles. The Morgan fingerprint density at radius 1 is 1.19 bits per heavy atom. The third kappa shape index (κ3) is 3.71. The van der Waals surface area contributed by atoms with Gasteiger partial charge in [-0.25, -0.2) is 4.79 Å². The van der Waals surface area contributed by atoms with Crippen molar-refractivity contribution in [2.24, 2.45) is 0 Å². The van der Waals surface area contributed by atoms with Crippen LogP contribution >= 0.6 is 0 Å².